The molecular formula is C17H20BrN. The maximum Gasteiger partial charge on any atom is 0.0295 e. The molecule has 0 unspecified atom stereocenters. The third-order valence-electron chi connectivity index (χ3n) is 3.24. The highest BCUT2D eigenvalue weighted by Crippen LogP contribution is 2.18. The highest BCUT2D eigenvalue weighted by Gasteiger charge is 2.05. The van der Waals surface area contributed by atoms with Gasteiger partial charge >= 0.3 is 0 Å². The Bertz CT molecular complexity index is 543. The van der Waals surface area contributed by atoms with Crippen molar-refractivity contribution in [2.45, 2.75) is 33.4 Å². The number of halogens is 1. The Kier molecular flexibility index (Phi) is 4.78. The first kappa shape index (κ1) is 14.3. The molecule has 2 heteroatoms. The van der Waals surface area contributed by atoms with Gasteiger partial charge in [-0.2, -0.15) is 0 Å². The van der Waals surface area contributed by atoms with Gasteiger partial charge in [-0.25, -0.2) is 0 Å². The zero-order valence-electron chi connectivity index (χ0n) is 11.7. The SMILES string of the molecule is Cc1cc(C)cc(CN[C@@H](C)c2cccc(Br)c2)c1. The molecule has 2 aromatic carbocycles. The summed E-state index contributed by atoms with van der Waals surface area (Å²) >= 11 is 3.52. The summed E-state index contributed by atoms with van der Waals surface area (Å²) in [7, 11) is 0. The fourth-order valence-corrected chi connectivity index (χ4v) is 2.75. The van der Waals surface area contributed by atoms with E-state index >= 15 is 0 Å². The second kappa shape index (κ2) is 6.36. The molecule has 0 fully saturated rings. The quantitative estimate of drug-likeness (QED) is 0.844. The van der Waals surface area contributed by atoms with Gasteiger partial charge in [-0.05, 0) is 44.0 Å². The molecule has 0 aromatic heterocycles. The van der Waals surface area contributed by atoms with Gasteiger partial charge in [0.05, 0.1) is 0 Å². The van der Waals surface area contributed by atoms with Crippen molar-refractivity contribution < 1.29 is 0 Å². The fourth-order valence-electron chi connectivity index (χ4n) is 2.34. The van der Waals surface area contributed by atoms with E-state index in [9.17, 15) is 0 Å². The summed E-state index contributed by atoms with van der Waals surface area (Å²) in [4.78, 5) is 0. The van der Waals surface area contributed by atoms with Crippen LogP contribution in [0.5, 0.6) is 0 Å². The first-order chi connectivity index (χ1) is 9.04. The number of aryl methyl sites for hydroxylation is 2. The van der Waals surface area contributed by atoms with Crippen LogP contribution in [0.2, 0.25) is 0 Å². The molecule has 0 spiro atoms. The van der Waals surface area contributed by atoms with Crippen LogP contribution >= 0.6 is 15.9 Å². The van der Waals surface area contributed by atoms with Crippen molar-refractivity contribution in [3.63, 3.8) is 0 Å². The van der Waals surface area contributed by atoms with Gasteiger partial charge in [0.25, 0.3) is 0 Å². The van der Waals surface area contributed by atoms with Crippen LogP contribution in [0.3, 0.4) is 0 Å². The van der Waals surface area contributed by atoms with E-state index in [2.05, 4.69) is 84.5 Å². The Morgan fingerprint density at radius 2 is 1.74 bits per heavy atom. The molecule has 1 nitrogen and oxygen atoms in total. The van der Waals surface area contributed by atoms with Crippen molar-refractivity contribution >= 4 is 15.9 Å². The van der Waals surface area contributed by atoms with Crippen molar-refractivity contribution in [3.05, 3.63) is 69.2 Å². The molecule has 1 atom stereocenters. The fraction of sp³-hybridized carbons (Fsp3) is 0.294. The van der Waals surface area contributed by atoms with Crippen LogP contribution in [0.1, 0.15) is 35.2 Å². The number of hydrogen-bond acceptors (Lipinski definition) is 1. The Morgan fingerprint density at radius 1 is 1.05 bits per heavy atom. The minimum atomic E-state index is 0.346. The van der Waals surface area contributed by atoms with Gasteiger partial charge < -0.3 is 5.32 Å². The first-order valence-corrected chi connectivity index (χ1v) is 7.40. The van der Waals surface area contributed by atoms with Crippen molar-refractivity contribution in [1.82, 2.24) is 5.32 Å². The summed E-state index contributed by atoms with van der Waals surface area (Å²) < 4.78 is 1.13. The van der Waals surface area contributed by atoms with Crippen molar-refractivity contribution in [2.24, 2.45) is 0 Å². The molecule has 2 aromatic rings. The van der Waals surface area contributed by atoms with Crippen LogP contribution in [0.15, 0.2) is 46.9 Å². The number of nitrogens with one attached hydrogen (secondary N) is 1. The molecule has 2 rings (SSSR count). The zero-order valence-corrected chi connectivity index (χ0v) is 13.3. The Hall–Kier alpha value is -1.12. The highest BCUT2D eigenvalue weighted by atomic mass is 79.9. The minimum absolute atomic E-state index is 0.346. The van der Waals surface area contributed by atoms with Gasteiger partial charge in [-0.1, -0.05) is 57.4 Å². The maximum atomic E-state index is 3.58. The predicted molar refractivity (Wildman–Crippen MR) is 85.3 cm³/mol. The van der Waals surface area contributed by atoms with E-state index in [4.69, 9.17) is 0 Å². The lowest BCUT2D eigenvalue weighted by molar-refractivity contribution is 0.574. The maximum absolute atomic E-state index is 3.58. The average Bonchev–Trinajstić information content (AvgIpc) is 2.35. The molecule has 0 aliphatic carbocycles. The van der Waals surface area contributed by atoms with Gasteiger partial charge in [-0.3, -0.25) is 0 Å². The van der Waals surface area contributed by atoms with Gasteiger partial charge in [0, 0.05) is 17.1 Å². The summed E-state index contributed by atoms with van der Waals surface area (Å²) in [6.45, 7) is 7.39. The van der Waals surface area contributed by atoms with E-state index in [0.29, 0.717) is 6.04 Å². The lowest BCUT2D eigenvalue weighted by Gasteiger charge is -2.15. The summed E-state index contributed by atoms with van der Waals surface area (Å²) in [5.41, 5.74) is 5.30. The van der Waals surface area contributed by atoms with Crippen molar-refractivity contribution in [1.29, 1.82) is 0 Å². The van der Waals surface area contributed by atoms with Crippen LogP contribution in [-0.4, -0.2) is 0 Å². The number of hydrogen-bond donors (Lipinski definition) is 1. The van der Waals surface area contributed by atoms with Crippen LogP contribution < -0.4 is 5.32 Å². The second-order valence-electron chi connectivity index (χ2n) is 5.15. The van der Waals surface area contributed by atoms with E-state index in [1.807, 2.05) is 0 Å². The molecule has 19 heavy (non-hydrogen) atoms. The topological polar surface area (TPSA) is 12.0 Å². The standard InChI is InChI=1S/C17H20BrN/c1-12-7-13(2)9-15(8-12)11-19-14(3)16-5-4-6-17(18)10-16/h4-10,14,19H,11H2,1-3H3/t14-/m0/s1. The molecule has 0 saturated heterocycles. The van der Waals surface area contributed by atoms with Crippen LogP contribution in [0, 0.1) is 13.8 Å². The summed E-state index contributed by atoms with van der Waals surface area (Å²) in [5, 5.41) is 3.58. The first-order valence-electron chi connectivity index (χ1n) is 6.60. The molecule has 0 radical (unpaired) electrons. The predicted octanol–water partition coefficient (Wildman–Crippen LogP) is 4.92. The third kappa shape index (κ3) is 4.19. The smallest absolute Gasteiger partial charge is 0.0295 e. The number of benzene rings is 2. The molecule has 1 N–H and O–H groups in total. The van der Waals surface area contributed by atoms with Gasteiger partial charge in [0.2, 0.25) is 0 Å². The van der Waals surface area contributed by atoms with Crippen LogP contribution in [0.25, 0.3) is 0 Å². The van der Waals surface area contributed by atoms with Gasteiger partial charge in [0.1, 0.15) is 0 Å². The van der Waals surface area contributed by atoms with Crippen molar-refractivity contribution in [3.8, 4) is 0 Å². The monoisotopic (exact) mass is 317 g/mol. The minimum Gasteiger partial charge on any atom is -0.306 e. The molecule has 0 aliphatic heterocycles. The summed E-state index contributed by atoms with van der Waals surface area (Å²) in [5.74, 6) is 0. The largest absolute Gasteiger partial charge is 0.306 e. The molecule has 0 bridgehead atoms. The Morgan fingerprint density at radius 3 is 2.37 bits per heavy atom. The molecule has 0 saturated carbocycles. The zero-order chi connectivity index (χ0) is 13.8. The molecular weight excluding hydrogens is 298 g/mol. The van der Waals surface area contributed by atoms with Crippen molar-refractivity contribution in [2.75, 3.05) is 0 Å². The molecule has 100 valence electrons. The van der Waals surface area contributed by atoms with E-state index < -0.39 is 0 Å². The summed E-state index contributed by atoms with van der Waals surface area (Å²) in [6.07, 6.45) is 0. The Labute approximate surface area is 124 Å². The normalized spacial score (nSPS) is 12.4. The average molecular weight is 318 g/mol. The second-order valence-corrected chi connectivity index (χ2v) is 6.07. The van der Waals surface area contributed by atoms with E-state index in [1.54, 1.807) is 0 Å². The van der Waals surface area contributed by atoms with Gasteiger partial charge in [-0.15, -0.1) is 0 Å². The Balaban J connectivity index is 2.02. The summed E-state index contributed by atoms with van der Waals surface area (Å²) in [6, 6.07) is 15.5. The molecule has 0 aliphatic rings. The van der Waals surface area contributed by atoms with Gasteiger partial charge in [0.15, 0.2) is 0 Å². The molecule has 0 heterocycles. The lowest BCUT2D eigenvalue weighted by atomic mass is 10.1. The highest BCUT2D eigenvalue weighted by molar-refractivity contribution is 9.10. The molecule has 0 amide bonds. The lowest BCUT2D eigenvalue weighted by Crippen LogP contribution is -2.18. The third-order valence-corrected chi connectivity index (χ3v) is 3.74. The van der Waals surface area contributed by atoms with E-state index in [-0.39, 0.29) is 0 Å². The van der Waals surface area contributed by atoms with E-state index in [0.717, 1.165) is 11.0 Å². The van der Waals surface area contributed by atoms with E-state index in [1.165, 1.54) is 22.3 Å². The van der Waals surface area contributed by atoms with Crippen LogP contribution in [-0.2, 0) is 6.54 Å². The number of rotatable bonds is 4. The van der Waals surface area contributed by atoms with Crippen LogP contribution in [0.4, 0.5) is 0 Å².